The average molecular weight is 273 g/mol. The molecule has 0 saturated heterocycles. The molecule has 2 N–H and O–H groups in total. The third-order valence-corrected chi connectivity index (χ3v) is 2.42. The molecule has 0 aliphatic carbocycles. The van der Waals surface area contributed by atoms with E-state index in [2.05, 4.69) is 10.6 Å². The zero-order valence-electron chi connectivity index (χ0n) is 10.9. The van der Waals surface area contributed by atoms with Crippen LogP contribution in [0.4, 0.5) is 5.69 Å². The summed E-state index contributed by atoms with van der Waals surface area (Å²) in [5.74, 6) is 0.0452. The van der Waals surface area contributed by atoms with E-state index in [4.69, 9.17) is 4.74 Å². The highest BCUT2D eigenvalue weighted by molar-refractivity contribution is 5.91. The Balaban J connectivity index is 0.00000289. The van der Waals surface area contributed by atoms with Crippen molar-refractivity contribution < 1.29 is 9.53 Å². The molecule has 0 spiro atoms. The molecule has 0 heterocycles. The van der Waals surface area contributed by atoms with Crippen LogP contribution in [0.1, 0.15) is 18.4 Å². The molecule has 4 nitrogen and oxygen atoms in total. The Morgan fingerprint density at radius 3 is 2.72 bits per heavy atom. The Kier molecular flexibility index (Phi) is 9.28. The number of hydrogen-bond donors (Lipinski definition) is 2. The van der Waals surface area contributed by atoms with Gasteiger partial charge in [-0.2, -0.15) is 0 Å². The fourth-order valence-corrected chi connectivity index (χ4v) is 1.56. The number of nitrogens with one attached hydrogen (secondary N) is 2. The molecule has 0 aliphatic heterocycles. The minimum Gasteiger partial charge on any atom is -0.380 e. The Bertz CT molecular complexity index is 359. The first-order chi connectivity index (χ1) is 8.27. The summed E-state index contributed by atoms with van der Waals surface area (Å²) in [5, 5.41) is 5.93. The van der Waals surface area contributed by atoms with Crippen molar-refractivity contribution in [2.45, 2.75) is 19.4 Å². The normalized spacial score (nSPS) is 9.67. The predicted octanol–water partition coefficient (Wildman–Crippen LogP) is 2.19. The average Bonchev–Trinajstić information content (AvgIpc) is 2.32. The lowest BCUT2D eigenvalue weighted by atomic mass is 10.2. The van der Waals surface area contributed by atoms with Gasteiger partial charge >= 0.3 is 0 Å². The lowest BCUT2D eigenvalue weighted by molar-refractivity contribution is -0.116. The zero-order valence-corrected chi connectivity index (χ0v) is 11.7. The molecule has 5 heteroatoms. The smallest absolute Gasteiger partial charge is 0.224 e. The topological polar surface area (TPSA) is 50.4 Å². The molecule has 0 unspecified atom stereocenters. The Morgan fingerprint density at radius 2 is 2.06 bits per heavy atom. The van der Waals surface area contributed by atoms with Crippen molar-refractivity contribution in [1.29, 1.82) is 0 Å². The number of benzene rings is 1. The van der Waals surface area contributed by atoms with Crippen LogP contribution in [0.5, 0.6) is 0 Å². The minimum atomic E-state index is 0. The van der Waals surface area contributed by atoms with Gasteiger partial charge in [0.05, 0.1) is 6.61 Å². The number of hydrogen-bond acceptors (Lipinski definition) is 3. The summed E-state index contributed by atoms with van der Waals surface area (Å²) in [6, 6.07) is 7.68. The van der Waals surface area contributed by atoms with Crippen LogP contribution in [0.15, 0.2) is 24.3 Å². The van der Waals surface area contributed by atoms with Crippen LogP contribution in [-0.2, 0) is 16.1 Å². The number of rotatable bonds is 7. The van der Waals surface area contributed by atoms with E-state index >= 15 is 0 Å². The number of carbonyl (C=O) groups excluding carboxylic acids is 1. The van der Waals surface area contributed by atoms with E-state index in [1.54, 1.807) is 7.11 Å². The molecule has 0 saturated carbocycles. The van der Waals surface area contributed by atoms with E-state index in [-0.39, 0.29) is 18.3 Å². The second kappa shape index (κ2) is 9.88. The van der Waals surface area contributed by atoms with Gasteiger partial charge in [-0.1, -0.05) is 18.2 Å². The van der Waals surface area contributed by atoms with Crippen molar-refractivity contribution in [1.82, 2.24) is 5.32 Å². The Labute approximate surface area is 115 Å². The van der Waals surface area contributed by atoms with E-state index < -0.39 is 0 Å². The second-order valence-electron chi connectivity index (χ2n) is 3.85. The molecule has 1 rings (SSSR count). The van der Waals surface area contributed by atoms with E-state index in [0.717, 1.165) is 24.2 Å². The second-order valence-corrected chi connectivity index (χ2v) is 3.85. The summed E-state index contributed by atoms with van der Waals surface area (Å²) in [6.45, 7) is 1.36. The molecule has 102 valence electrons. The highest BCUT2D eigenvalue weighted by atomic mass is 35.5. The third-order valence-electron chi connectivity index (χ3n) is 2.42. The summed E-state index contributed by atoms with van der Waals surface area (Å²) in [5.41, 5.74) is 1.83. The van der Waals surface area contributed by atoms with Crippen LogP contribution in [0.2, 0.25) is 0 Å². The molecular formula is C13H21ClN2O2. The predicted molar refractivity (Wildman–Crippen MR) is 76.2 cm³/mol. The van der Waals surface area contributed by atoms with E-state index in [9.17, 15) is 4.79 Å². The lowest BCUT2D eigenvalue weighted by Crippen LogP contribution is -2.16. The van der Waals surface area contributed by atoms with Gasteiger partial charge in [0, 0.05) is 24.8 Å². The van der Waals surface area contributed by atoms with Crippen molar-refractivity contribution in [3.05, 3.63) is 29.8 Å². The maximum absolute atomic E-state index is 11.7. The van der Waals surface area contributed by atoms with Crippen molar-refractivity contribution >= 4 is 24.0 Å². The molecule has 0 radical (unpaired) electrons. The van der Waals surface area contributed by atoms with Crippen LogP contribution >= 0.6 is 12.4 Å². The van der Waals surface area contributed by atoms with Gasteiger partial charge in [0.2, 0.25) is 5.91 Å². The maximum Gasteiger partial charge on any atom is 0.224 e. The molecule has 0 aliphatic rings. The Morgan fingerprint density at radius 1 is 1.33 bits per heavy atom. The van der Waals surface area contributed by atoms with Crippen LogP contribution in [0.25, 0.3) is 0 Å². The van der Waals surface area contributed by atoms with Gasteiger partial charge in [0.1, 0.15) is 0 Å². The first-order valence-electron chi connectivity index (χ1n) is 5.79. The van der Waals surface area contributed by atoms with Crippen molar-refractivity contribution in [3.8, 4) is 0 Å². The monoisotopic (exact) mass is 272 g/mol. The highest BCUT2D eigenvalue weighted by Gasteiger charge is 2.05. The summed E-state index contributed by atoms with van der Waals surface area (Å²) in [4.78, 5) is 11.7. The van der Waals surface area contributed by atoms with Gasteiger partial charge in [-0.3, -0.25) is 4.79 Å². The van der Waals surface area contributed by atoms with Gasteiger partial charge in [-0.25, -0.2) is 0 Å². The van der Waals surface area contributed by atoms with Crippen molar-refractivity contribution in [3.63, 3.8) is 0 Å². The molecule has 0 fully saturated rings. The quantitative estimate of drug-likeness (QED) is 0.748. The highest BCUT2D eigenvalue weighted by Crippen LogP contribution is 2.16. The molecule has 1 aromatic carbocycles. The third kappa shape index (κ3) is 6.00. The summed E-state index contributed by atoms with van der Waals surface area (Å²) < 4.78 is 5.09. The van der Waals surface area contributed by atoms with E-state index in [0.29, 0.717) is 13.0 Å². The number of amides is 1. The van der Waals surface area contributed by atoms with Crippen LogP contribution in [-0.4, -0.2) is 26.6 Å². The van der Waals surface area contributed by atoms with Crippen molar-refractivity contribution in [2.75, 3.05) is 26.0 Å². The van der Waals surface area contributed by atoms with Gasteiger partial charge in [0.25, 0.3) is 0 Å². The van der Waals surface area contributed by atoms with Gasteiger partial charge in [0.15, 0.2) is 0 Å². The van der Waals surface area contributed by atoms with Crippen LogP contribution in [0.3, 0.4) is 0 Å². The summed E-state index contributed by atoms with van der Waals surface area (Å²) in [6.07, 6.45) is 1.37. The van der Waals surface area contributed by atoms with E-state index in [1.807, 2.05) is 31.3 Å². The molecule has 18 heavy (non-hydrogen) atoms. The number of ether oxygens (including phenoxy) is 1. The van der Waals surface area contributed by atoms with Gasteiger partial charge < -0.3 is 15.4 Å². The molecule has 0 aromatic heterocycles. The first-order valence-corrected chi connectivity index (χ1v) is 5.79. The number of carbonyl (C=O) groups is 1. The molecule has 0 bridgehead atoms. The van der Waals surface area contributed by atoms with Crippen molar-refractivity contribution in [2.24, 2.45) is 0 Å². The maximum atomic E-state index is 11.7. The number of halogens is 1. The fourth-order valence-electron chi connectivity index (χ4n) is 1.56. The van der Waals surface area contributed by atoms with Crippen LogP contribution in [0, 0.1) is 0 Å². The fraction of sp³-hybridized carbons (Fsp3) is 0.462. The van der Waals surface area contributed by atoms with Gasteiger partial charge in [-0.15, -0.1) is 12.4 Å². The lowest BCUT2D eigenvalue weighted by Gasteiger charge is -2.10. The zero-order chi connectivity index (χ0) is 12.5. The first kappa shape index (κ1) is 16.9. The van der Waals surface area contributed by atoms with Gasteiger partial charge in [-0.05, 0) is 26.1 Å². The summed E-state index contributed by atoms with van der Waals surface area (Å²) >= 11 is 0. The van der Waals surface area contributed by atoms with Crippen LogP contribution < -0.4 is 10.6 Å². The molecule has 1 amide bonds. The summed E-state index contributed by atoms with van der Waals surface area (Å²) in [7, 11) is 3.53. The Hall–Kier alpha value is -1.10. The molecule has 0 atom stereocenters. The molecule has 1 aromatic rings. The standard InChI is InChI=1S/C13H20N2O2.ClH/c1-14-9-5-8-13(16)15-12-7-4-3-6-11(12)10-17-2;/h3-4,6-7,14H,5,8-10H2,1-2H3,(H,15,16);1H. The number of para-hydroxylation sites is 1. The SMILES string of the molecule is CNCCCC(=O)Nc1ccccc1COC.Cl. The number of methoxy groups -OCH3 is 1. The largest absolute Gasteiger partial charge is 0.380 e. The van der Waals surface area contributed by atoms with E-state index in [1.165, 1.54) is 0 Å². The number of anilines is 1. The molecular weight excluding hydrogens is 252 g/mol. The minimum absolute atomic E-state index is 0.